The maximum atomic E-state index is 12.7. The van der Waals surface area contributed by atoms with E-state index < -0.39 is 11.2 Å². The molecule has 0 aliphatic carbocycles. The molecule has 26 heavy (non-hydrogen) atoms. The number of benzene rings is 1. The minimum Gasteiger partial charge on any atom is -0.444 e. The summed E-state index contributed by atoms with van der Waals surface area (Å²) >= 11 is 0. The molecule has 140 valence electrons. The van der Waals surface area contributed by atoms with Gasteiger partial charge in [-0.2, -0.15) is 0 Å². The van der Waals surface area contributed by atoms with Crippen molar-refractivity contribution in [3.05, 3.63) is 23.8 Å². The lowest BCUT2D eigenvalue weighted by atomic mass is 9.77. The van der Waals surface area contributed by atoms with Crippen molar-refractivity contribution in [3.63, 3.8) is 0 Å². The highest BCUT2D eigenvalue weighted by molar-refractivity contribution is 5.74. The van der Waals surface area contributed by atoms with Gasteiger partial charge < -0.3 is 14.6 Å². The van der Waals surface area contributed by atoms with Gasteiger partial charge in [0.2, 0.25) is 0 Å². The number of hydrogen-bond acceptors (Lipinski definition) is 7. The Morgan fingerprint density at radius 2 is 1.88 bits per heavy atom. The first-order chi connectivity index (χ1) is 12.3. The number of hydrogen-bond donors (Lipinski definition) is 1. The van der Waals surface area contributed by atoms with E-state index in [1.54, 1.807) is 17.0 Å². The lowest BCUT2D eigenvalue weighted by Crippen LogP contribution is -2.63. The third-order valence-corrected chi connectivity index (χ3v) is 4.95. The fourth-order valence-electron chi connectivity index (χ4n) is 3.90. The molecule has 1 N–H and O–H groups in total. The second-order valence-corrected chi connectivity index (χ2v) is 8.14. The molecular formula is C18H23N3O5. The maximum Gasteiger partial charge on any atom is 0.410 e. The van der Waals surface area contributed by atoms with Gasteiger partial charge in [-0.05, 0) is 48.8 Å². The Bertz CT molecular complexity index is 814. The topological polar surface area (TPSA) is 97.9 Å². The third-order valence-electron chi connectivity index (χ3n) is 4.95. The molecule has 2 atom stereocenters. The van der Waals surface area contributed by atoms with Gasteiger partial charge in [-0.25, -0.2) is 9.42 Å². The molecule has 8 heteroatoms. The first kappa shape index (κ1) is 17.2. The largest absolute Gasteiger partial charge is 0.444 e. The van der Waals surface area contributed by atoms with E-state index >= 15 is 0 Å². The summed E-state index contributed by atoms with van der Waals surface area (Å²) in [5.74, 6) is 0. The minimum atomic E-state index is -1.06. The number of nitrogens with zero attached hydrogens (tertiary/aromatic N) is 3. The zero-order valence-electron chi connectivity index (χ0n) is 15.1. The van der Waals surface area contributed by atoms with Crippen LogP contribution in [0.3, 0.4) is 0 Å². The summed E-state index contributed by atoms with van der Waals surface area (Å²) in [5, 5.41) is 19.0. The Hall–Kier alpha value is -2.19. The van der Waals surface area contributed by atoms with E-state index in [1.807, 2.05) is 26.8 Å². The second kappa shape index (κ2) is 5.92. The number of fused-ring (bicyclic) bond motifs is 3. The zero-order valence-corrected chi connectivity index (χ0v) is 15.1. The van der Waals surface area contributed by atoms with Gasteiger partial charge in [0.15, 0.2) is 0 Å². The van der Waals surface area contributed by atoms with Crippen LogP contribution in [0.25, 0.3) is 11.0 Å². The number of aliphatic hydroxyl groups is 1. The molecular weight excluding hydrogens is 338 g/mol. The summed E-state index contributed by atoms with van der Waals surface area (Å²) in [7, 11) is 0. The summed E-state index contributed by atoms with van der Waals surface area (Å²) in [4.78, 5) is 14.4. The van der Waals surface area contributed by atoms with Crippen molar-refractivity contribution in [2.24, 2.45) is 0 Å². The molecule has 2 aromatic rings. The summed E-state index contributed by atoms with van der Waals surface area (Å²) in [6.07, 6.45) is 0.396. The highest BCUT2D eigenvalue weighted by atomic mass is 16.6. The van der Waals surface area contributed by atoms with Gasteiger partial charge in [0.1, 0.15) is 16.6 Å². The van der Waals surface area contributed by atoms with Crippen molar-refractivity contribution in [3.8, 4) is 0 Å². The van der Waals surface area contributed by atoms with Crippen molar-refractivity contribution < 1.29 is 24.0 Å². The molecule has 0 spiro atoms. The summed E-state index contributed by atoms with van der Waals surface area (Å²) < 4.78 is 15.9. The number of morpholine rings is 1. The van der Waals surface area contributed by atoms with E-state index in [-0.39, 0.29) is 18.2 Å². The van der Waals surface area contributed by atoms with Crippen molar-refractivity contribution in [2.75, 3.05) is 13.2 Å². The highest BCUT2D eigenvalue weighted by Crippen LogP contribution is 2.42. The van der Waals surface area contributed by atoms with Gasteiger partial charge >= 0.3 is 6.09 Å². The molecule has 2 aliphatic rings. The number of rotatable bonds is 1. The Balaban J connectivity index is 1.61. The van der Waals surface area contributed by atoms with E-state index in [0.717, 1.165) is 5.56 Å². The van der Waals surface area contributed by atoms with Crippen LogP contribution in [0.2, 0.25) is 0 Å². The quantitative estimate of drug-likeness (QED) is 0.831. The Morgan fingerprint density at radius 1 is 1.23 bits per heavy atom. The number of carbonyl (C=O) groups excluding carboxylic acids is 1. The summed E-state index contributed by atoms with van der Waals surface area (Å²) in [6.45, 7) is 6.30. The number of aromatic nitrogens is 2. The summed E-state index contributed by atoms with van der Waals surface area (Å²) in [6, 6.07) is 4.94. The van der Waals surface area contributed by atoms with Crippen LogP contribution in [0.15, 0.2) is 22.8 Å². The van der Waals surface area contributed by atoms with Crippen LogP contribution in [0.5, 0.6) is 0 Å². The van der Waals surface area contributed by atoms with E-state index in [4.69, 9.17) is 14.1 Å². The first-order valence-corrected chi connectivity index (χ1v) is 8.79. The van der Waals surface area contributed by atoms with E-state index in [1.165, 1.54) is 0 Å². The molecule has 1 aromatic heterocycles. The van der Waals surface area contributed by atoms with Gasteiger partial charge in [-0.15, -0.1) is 0 Å². The molecule has 1 amide bonds. The van der Waals surface area contributed by atoms with Crippen LogP contribution in [-0.2, 0) is 15.1 Å². The smallest absolute Gasteiger partial charge is 0.410 e. The van der Waals surface area contributed by atoms with Gasteiger partial charge in [0, 0.05) is 12.8 Å². The normalized spacial score (nSPS) is 29.0. The van der Waals surface area contributed by atoms with Crippen LogP contribution in [-0.4, -0.2) is 57.3 Å². The monoisotopic (exact) mass is 361 g/mol. The number of ether oxygens (including phenoxy) is 2. The maximum absolute atomic E-state index is 12.7. The standard InChI is InChI=1S/C18H23N3O5/c1-17(2,3)25-16(22)21-12-7-18(23,8-13(21)10-24-9-12)11-4-5-14-15(6-11)20-26-19-14/h4-6,12-13,23H,7-10H2,1-3H3. The number of amides is 1. The van der Waals surface area contributed by atoms with Crippen molar-refractivity contribution in [2.45, 2.75) is 56.9 Å². The predicted octanol–water partition coefficient (Wildman–Crippen LogP) is 2.21. The van der Waals surface area contributed by atoms with Crippen molar-refractivity contribution in [1.82, 2.24) is 15.2 Å². The third kappa shape index (κ3) is 3.03. The van der Waals surface area contributed by atoms with Crippen molar-refractivity contribution >= 4 is 17.1 Å². The molecule has 0 saturated carbocycles. The van der Waals surface area contributed by atoms with Crippen LogP contribution < -0.4 is 0 Å². The second-order valence-electron chi connectivity index (χ2n) is 8.14. The molecule has 2 aliphatic heterocycles. The summed E-state index contributed by atoms with van der Waals surface area (Å²) in [5.41, 5.74) is 0.371. The van der Waals surface area contributed by atoms with Crippen LogP contribution in [0, 0.1) is 0 Å². The van der Waals surface area contributed by atoms with Gasteiger partial charge in [0.25, 0.3) is 0 Å². The average Bonchev–Trinajstić information content (AvgIpc) is 2.99. The molecule has 4 rings (SSSR count). The van der Waals surface area contributed by atoms with Gasteiger partial charge in [-0.1, -0.05) is 6.07 Å². The SMILES string of the molecule is CC(C)(C)OC(=O)N1C2COCC1CC(O)(c1ccc3nonc3c1)C2. The molecule has 2 unspecified atom stereocenters. The highest BCUT2D eigenvalue weighted by Gasteiger charge is 2.49. The van der Waals surface area contributed by atoms with Crippen LogP contribution in [0.1, 0.15) is 39.2 Å². The van der Waals surface area contributed by atoms with Crippen LogP contribution >= 0.6 is 0 Å². The first-order valence-electron chi connectivity index (χ1n) is 8.79. The lowest BCUT2D eigenvalue weighted by molar-refractivity contribution is -0.141. The molecule has 2 saturated heterocycles. The molecule has 8 nitrogen and oxygen atoms in total. The number of piperidine rings is 1. The van der Waals surface area contributed by atoms with E-state index in [9.17, 15) is 9.90 Å². The minimum absolute atomic E-state index is 0.242. The Morgan fingerprint density at radius 3 is 2.54 bits per heavy atom. The van der Waals surface area contributed by atoms with E-state index in [2.05, 4.69) is 10.3 Å². The molecule has 2 fully saturated rings. The molecule has 2 bridgehead atoms. The Kier molecular flexibility index (Phi) is 3.92. The van der Waals surface area contributed by atoms with Gasteiger partial charge in [-0.3, -0.25) is 4.90 Å². The molecule has 3 heterocycles. The van der Waals surface area contributed by atoms with Crippen molar-refractivity contribution in [1.29, 1.82) is 0 Å². The number of carbonyl (C=O) groups is 1. The Labute approximate surface area is 151 Å². The van der Waals surface area contributed by atoms with Gasteiger partial charge in [0.05, 0.1) is 30.9 Å². The molecule has 0 radical (unpaired) electrons. The fourth-order valence-corrected chi connectivity index (χ4v) is 3.90. The van der Waals surface area contributed by atoms with Crippen LogP contribution in [0.4, 0.5) is 4.79 Å². The zero-order chi connectivity index (χ0) is 18.5. The average molecular weight is 361 g/mol. The molecule has 1 aromatic carbocycles. The predicted molar refractivity (Wildman–Crippen MR) is 91.4 cm³/mol. The fraction of sp³-hybridized carbons (Fsp3) is 0.611. The lowest BCUT2D eigenvalue weighted by Gasteiger charge is -2.51. The van der Waals surface area contributed by atoms with E-state index in [0.29, 0.717) is 37.1 Å².